The molecule has 0 atom stereocenters. The second-order valence-electron chi connectivity index (χ2n) is 10.3. The monoisotopic (exact) mass is 493 g/mol. The van der Waals surface area contributed by atoms with Gasteiger partial charge in [-0.2, -0.15) is 0 Å². The number of carbonyl (C=O) groups excluding carboxylic acids is 1. The Morgan fingerprint density at radius 1 is 1.19 bits per heavy atom. The third-order valence-corrected chi connectivity index (χ3v) is 6.62. The van der Waals surface area contributed by atoms with Crippen molar-refractivity contribution < 1.29 is 18.7 Å². The molecule has 1 aliphatic carbocycles. The Morgan fingerprint density at radius 3 is 2.64 bits per heavy atom. The minimum atomic E-state index is -0.605. The van der Waals surface area contributed by atoms with Crippen molar-refractivity contribution >= 4 is 11.6 Å². The molecule has 5 rings (SSSR count). The van der Waals surface area contributed by atoms with Crippen LogP contribution in [0, 0.1) is 11.7 Å². The summed E-state index contributed by atoms with van der Waals surface area (Å²) in [4.78, 5) is 27.7. The van der Waals surface area contributed by atoms with Crippen LogP contribution in [0.1, 0.15) is 43.0 Å². The minimum Gasteiger partial charge on any atom is -0.491 e. The van der Waals surface area contributed by atoms with Crippen molar-refractivity contribution in [3.63, 3.8) is 0 Å². The van der Waals surface area contributed by atoms with Crippen molar-refractivity contribution in [3.8, 4) is 17.0 Å². The number of carbonyl (C=O) groups is 1. The fourth-order valence-corrected chi connectivity index (χ4v) is 4.24. The lowest BCUT2D eigenvalue weighted by molar-refractivity contribution is 0.0786. The molecule has 3 aromatic rings. The molecule has 0 bridgehead atoms. The molecule has 1 amide bonds. The molecular weight excluding hydrogens is 461 g/mol. The molecule has 2 fully saturated rings. The van der Waals surface area contributed by atoms with Gasteiger partial charge in [0.05, 0.1) is 36.5 Å². The largest absolute Gasteiger partial charge is 0.491 e. The predicted octanol–water partition coefficient (Wildman–Crippen LogP) is 3.99. The van der Waals surface area contributed by atoms with Crippen molar-refractivity contribution in [1.82, 2.24) is 20.3 Å². The number of aromatic nitrogens is 3. The van der Waals surface area contributed by atoms with E-state index in [1.54, 1.807) is 31.6 Å². The first kappa shape index (κ1) is 24.2. The summed E-state index contributed by atoms with van der Waals surface area (Å²) in [5, 5.41) is 3.09. The third-order valence-electron chi connectivity index (χ3n) is 6.62. The second-order valence-corrected chi connectivity index (χ2v) is 10.3. The van der Waals surface area contributed by atoms with Gasteiger partial charge in [-0.15, -0.1) is 0 Å². The summed E-state index contributed by atoms with van der Waals surface area (Å²) < 4.78 is 24.7. The number of imidazole rings is 1. The van der Waals surface area contributed by atoms with Gasteiger partial charge < -0.3 is 24.7 Å². The normalized spacial score (nSPS) is 16.1. The van der Waals surface area contributed by atoms with E-state index in [0.717, 1.165) is 48.7 Å². The smallest absolute Gasteiger partial charge is 0.274 e. The SMILES string of the molecule is COC1CN(c2cnc(C(=O)NC(C)(C)Cc3ncc(-c4ccc(F)cc4)[nH]3)c(OCC3CC3)c2)C1. The lowest BCUT2D eigenvalue weighted by Crippen LogP contribution is -2.52. The van der Waals surface area contributed by atoms with E-state index < -0.39 is 5.54 Å². The van der Waals surface area contributed by atoms with Crippen LogP contribution >= 0.6 is 0 Å². The van der Waals surface area contributed by atoms with Gasteiger partial charge in [0.15, 0.2) is 11.4 Å². The van der Waals surface area contributed by atoms with Crippen LogP contribution in [0.15, 0.2) is 42.7 Å². The number of H-pyrrole nitrogens is 1. The third kappa shape index (κ3) is 5.67. The van der Waals surface area contributed by atoms with Gasteiger partial charge in [0.1, 0.15) is 11.6 Å². The number of amides is 1. The number of nitrogens with zero attached hydrogens (tertiary/aromatic N) is 3. The number of nitrogens with one attached hydrogen (secondary N) is 2. The molecule has 1 saturated heterocycles. The van der Waals surface area contributed by atoms with Gasteiger partial charge in [-0.25, -0.2) is 14.4 Å². The summed E-state index contributed by atoms with van der Waals surface area (Å²) in [7, 11) is 1.71. The molecule has 1 saturated carbocycles. The fraction of sp³-hybridized carbons (Fsp3) is 0.444. The number of aromatic amines is 1. The van der Waals surface area contributed by atoms with Crippen molar-refractivity contribution in [2.45, 2.75) is 44.8 Å². The highest BCUT2D eigenvalue weighted by Crippen LogP contribution is 2.32. The van der Waals surface area contributed by atoms with E-state index in [1.807, 2.05) is 19.9 Å². The second kappa shape index (κ2) is 9.89. The quantitative estimate of drug-likeness (QED) is 0.444. The van der Waals surface area contributed by atoms with Crippen LogP contribution < -0.4 is 15.0 Å². The van der Waals surface area contributed by atoms with Crippen LogP contribution in [0.4, 0.5) is 10.1 Å². The maximum absolute atomic E-state index is 13.3. The van der Waals surface area contributed by atoms with Gasteiger partial charge in [0.25, 0.3) is 5.91 Å². The molecule has 0 spiro atoms. The molecule has 2 aliphatic rings. The van der Waals surface area contributed by atoms with Gasteiger partial charge in [-0.1, -0.05) is 0 Å². The highest BCUT2D eigenvalue weighted by molar-refractivity contribution is 5.95. The molecule has 190 valence electrons. The van der Waals surface area contributed by atoms with E-state index in [1.165, 1.54) is 12.1 Å². The average molecular weight is 494 g/mol. The van der Waals surface area contributed by atoms with E-state index in [4.69, 9.17) is 9.47 Å². The van der Waals surface area contributed by atoms with E-state index in [-0.39, 0.29) is 23.5 Å². The number of hydrogen-bond donors (Lipinski definition) is 2. The highest BCUT2D eigenvalue weighted by atomic mass is 19.1. The molecule has 2 aromatic heterocycles. The summed E-state index contributed by atoms with van der Waals surface area (Å²) in [5.74, 6) is 1.20. The summed E-state index contributed by atoms with van der Waals surface area (Å²) >= 11 is 0. The maximum Gasteiger partial charge on any atom is 0.274 e. The van der Waals surface area contributed by atoms with Gasteiger partial charge >= 0.3 is 0 Å². The Balaban J connectivity index is 1.27. The zero-order chi connectivity index (χ0) is 25.3. The zero-order valence-electron chi connectivity index (χ0n) is 20.9. The van der Waals surface area contributed by atoms with Crippen molar-refractivity contribution in [2.24, 2.45) is 5.92 Å². The first-order chi connectivity index (χ1) is 17.3. The van der Waals surface area contributed by atoms with Gasteiger partial charge in [0, 0.05) is 38.2 Å². The van der Waals surface area contributed by atoms with Crippen LogP contribution in [0.2, 0.25) is 0 Å². The molecule has 9 heteroatoms. The lowest BCUT2D eigenvalue weighted by Gasteiger charge is -2.39. The Labute approximate surface area is 210 Å². The van der Waals surface area contributed by atoms with Crippen LogP contribution in [0.5, 0.6) is 5.75 Å². The molecule has 0 radical (unpaired) electrons. The Kier molecular flexibility index (Phi) is 6.66. The molecule has 36 heavy (non-hydrogen) atoms. The molecule has 0 unspecified atom stereocenters. The van der Waals surface area contributed by atoms with Crippen LogP contribution in [0.25, 0.3) is 11.3 Å². The minimum absolute atomic E-state index is 0.217. The number of halogens is 1. The fourth-order valence-electron chi connectivity index (χ4n) is 4.24. The number of benzene rings is 1. The summed E-state index contributed by atoms with van der Waals surface area (Å²) in [6.45, 7) is 6.06. The van der Waals surface area contributed by atoms with E-state index in [0.29, 0.717) is 24.7 Å². The van der Waals surface area contributed by atoms with Gasteiger partial charge in [-0.05, 0) is 62.4 Å². The molecule has 2 N–H and O–H groups in total. The molecule has 1 aromatic carbocycles. The topological polar surface area (TPSA) is 92.4 Å². The number of methoxy groups -OCH3 is 1. The van der Waals surface area contributed by atoms with Crippen LogP contribution in [0.3, 0.4) is 0 Å². The Morgan fingerprint density at radius 2 is 1.94 bits per heavy atom. The van der Waals surface area contributed by atoms with Crippen LogP contribution in [-0.2, 0) is 11.2 Å². The maximum atomic E-state index is 13.3. The number of ether oxygens (including phenoxy) is 2. The molecular formula is C27H32FN5O3. The van der Waals surface area contributed by atoms with Crippen molar-refractivity contribution in [1.29, 1.82) is 0 Å². The van der Waals surface area contributed by atoms with Crippen molar-refractivity contribution in [3.05, 3.63) is 60.1 Å². The average Bonchev–Trinajstić information content (AvgIpc) is 3.54. The first-order valence-corrected chi connectivity index (χ1v) is 12.3. The van der Waals surface area contributed by atoms with E-state index >= 15 is 0 Å². The first-order valence-electron chi connectivity index (χ1n) is 12.3. The molecule has 8 nitrogen and oxygen atoms in total. The van der Waals surface area contributed by atoms with Crippen LogP contribution in [-0.4, -0.2) is 59.3 Å². The number of anilines is 1. The number of hydrogen-bond acceptors (Lipinski definition) is 6. The summed E-state index contributed by atoms with van der Waals surface area (Å²) in [6, 6.07) is 8.14. The summed E-state index contributed by atoms with van der Waals surface area (Å²) in [6.07, 6.45) is 6.45. The lowest BCUT2D eigenvalue weighted by atomic mass is 10.00. The number of rotatable bonds is 10. The van der Waals surface area contributed by atoms with E-state index in [9.17, 15) is 9.18 Å². The molecule has 3 heterocycles. The van der Waals surface area contributed by atoms with E-state index in [2.05, 4.69) is 25.2 Å². The Bertz CT molecular complexity index is 1220. The van der Waals surface area contributed by atoms with Gasteiger partial charge in [-0.3, -0.25) is 4.79 Å². The molecule has 1 aliphatic heterocycles. The van der Waals surface area contributed by atoms with Crippen molar-refractivity contribution in [2.75, 3.05) is 31.7 Å². The predicted molar refractivity (Wildman–Crippen MR) is 135 cm³/mol. The summed E-state index contributed by atoms with van der Waals surface area (Å²) in [5.41, 5.74) is 2.24. The highest BCUT2D eigenvalue weighted by Gasteiger charge is 2.30. The Hall–Kier alpha value is -3.46. The zero-order valence-corrected chi connectivity index (χ0v) is 20.9. The number of pyridine rings is 1. The van der Waals surface area contributed by atoms with Gasteiger partial charge in [0.2, 0.25) is 0 Å². The standard InChI is InChI=1S/C27H32FN5O3/c1-27(2,11-24-29-13-22(31-24)18-6-8-19(28)9-7-18)32-26(34)25-23(36-16-17-4-5-17)10-20(12-30-25)33-14-21(15-33)35-3/h6-10,12-13,17,21H,4-5,11,14-16H2,1-3H3,(H,29,31)(H,32,34).